The highest BCUT2D eigenvalue weighted by Gasteiger charge is 2.34. The van der Waals surface area contributed by atoms with Gasteiger partial charge in [-0.25, -0.2) is 4.52 Å². The van der Waals surface area contributed by atoms with E-state index in [4.69, 9.17) is 14.5 Å². The van der Waals surface area contributed by atoms with E-state index in [0.717, 1.165) is 56.5 Å². The van der Waals surface area contributed by atoms with E-state index < -0.39 is 0 Å². The van der Waals surface area contributed by atoms with E-state index in [2.05, 4.69) is 25.7 Å². The third-order valence-electron chi connectivity index (χ3n) is 6.76. The van der Waals surface area contributed by atoms with E-state index in [1.807, 2.05) is 36.5 Å². The summed E-state index contributed by atoms with van der Waals surface area (Å²) in [6.07, 6.45) is 8.21. The molecule has 10 heteroatoms. The molecular weight excluding hydrogens is 432 g/mol. The zero-order chi connectivity index (χ0) is 22.9. The minimum Gasteiger partial charge on any atom is -0.463 e. The van der Waals surface area contributed by atoms with Gasteiger partial charge in [-0.3, -0.25) is 9.89 Å². The average Bonchev–Trinajstić information content (AvgIpc) is 3.66. The van der Waals surface area contributed by atoms with Crippen molar-refractivity contribution in [2.45, 2.75) is 38.1 Å². The fraction of sp³-hybridized carbons (Fsp3) is 0.417. The lowest BCUT2D eigenvalue weighted by Gasteiger charge is -2.27. The van der Waals surface area contributed by atoms with Crippen LogP contribution in [-0.2, 0) is 4.79 Å². The standard InChI is InChI=1S/C24H28N8O2/c33-20(13-16-5-1-9-25-15-16)18-6-2-10-31(18)24-27-23(19-7-3-11-32(19)30-24)26-22-14-17(28-29-22)21-8-4-12-34-21/h3-4,7-8,11-12,14,16,18,25H,1-2,5-6,9-10,13,15H2,(H2,26,27,28,29,30)/t16?,18-/m0/s1. The third kappa shape index (κ3) is 4.05. The summed E-state index contributed by atoms with van der Waals surface area (Å²) in [6.45, 7) is 2.76. The van der Waals surface area contributed by atoms with Crippen LogP contribution in [-0.4, -0.2) is 56.3 Å². The number of carbonyl (C=O) groups excluding carboxylic acids is 1. The highest BCUT2D eigenvalue weighted by Crippen LogP contribution is 2.29. The van der Waals surface area contributed by atoms with Gasteiger partial charge in [-0.05, 0) is 69.0 Å². The Balaban J connectivity index is 1.26. The summed E-state index contributed by atoms with van der Waals surface area (Å²) in [4.78, 5) is 20.1. The molecule has 2 aliphatic rings. The predicted molar refractivity (Wildman–Crippen MR) is 128 cm³/mol. The molecule has 2 saturated heterocycles. The van der Waals surface area contributed by atoms with Crippen LogP contribution in [0.2, 0.25) is 0 Å². The third-order valence-corrected chi connectivity index (χ3v) is 6.76. The molecule has 34 heavy (non-hydrogen) atoms. The van der Waals surface area contributed by atoms with Crippen LogP contribution in [0.25, 0.3) is 17.0 Å². The average molecular weight is 461 g/mol. The van der Waals surface area contributed by atoms with Crippen molar-refractivity contribution < 1.29 is 9.21 Å². The van der Waals surface area contributed by atoms with Crippen molar-refractivity contribution in [3.63, 3.8) is 0 Å². The number of hydrogen-bond donors (Lipinski definition) is 3. The highest BCUT2D eigenvalue weighted by molar-refractivity contribution is 5.87. The SMILES string of the molecule is O=C(CC1CCCNC1)[C@@H]1CCCN1c1nc(Nc2cc(-c3ccco3)[nH]n2)c2cccn2n1. The van der Waals surface area contributed by atoms with Crippen molar-refractivity contribution in [1.82, 2.24) is 30.1 Å². The Hall–Kier alpha value is -3.66. The molecule has 1 unspecified atom stereocenters. The molecule has 0 bridgehead atoms. The maximum atomic E-state index is 13.2. The quantitative estimate of drug-likeness (QED) is 0.384. The highest BCUT2D eigenvalue weighted by atomic mass is 16.3. The largest absolute Gasteiger partial charge is 0.463 e. The van der Waals surface area contributed by atoms with Gasteiger partial charge in [-0.1, -0.05) is 0 Å². The van der Waals surface area contributed by atoms with Gasteiger partial charge in [-0.2, -0.15) is 10.1 Å². The molecular formula is C24H28N8O2. The van der Waals surface area contributed by atoms with Gasteiger partial charge in [0, 0.05) is 25.2 Å². The molecule has 0 amide bonds. The molecule has 10 nitrogen and oxygen atoms in total. The summed E-state index contributed by atoms with van der Waals surface area (Å²) >= 11 is 0. The molecule has 0 spiro atoms. The van der Waals surface area contributed by atoms with Crippen molar-refractivity contribution >= 4 is 28.9 Å². The van der Waals surface area contributed by atoms with Crippen LogP contribution in [0.1, 0.15) is 32.1 Å². The second-order valence-electron chi connectivity index (χ2n) is 9.10. The van der Waals surface area contributed by atoms with Gasteiger partial charge < -0.3 is 20.0 Å². The number of ketones is 1. The minimum atomic E-state index is -0.168. The first kappa shape index (κ1) is 20.9. The summed E-state index contributed by atoms with van der Waals surface area (Å²) in [7, 11) is 0. The van der Waals surface area contributed by atoms with E-state index >= 15 is 0 Å². The minimum absolute atomic E-state index is 0.168. The molecule has 3 N–H and O–H groups in total. The lowest BCUT2D eigenvalue weighted by atomic mass is 9.91. The molecule has 6 heterocycles. The van der Waals surface area contributed by atoms with Gasteiger partial charge >= 0.3 is 0 Å². The van der Waals surface area contributed by atoms with E-state index in [0.29, 0.717) is 41.5 Å². The van der Waals surface area contributed by atoms with Crippen LogP contribution in [0.4, 0.5) is 17.6 Å². The molecule has 4 aromatic rings. The monoisotopic (exact) mass is 460 g/mol. The van der Waals surface area contributed by atoms with E-state index in [-0.39, 0.29) is 6.04 Å². The van der Waals surface area contributed by atoms with Crippen LogP contribution in [0, 0.1) is 5.92 Å². The number of fused-ring (bicyclic) bond motifs is 1. The first-order chi connectivity index (χ1) is 16.7. The zero-order valence-corrected chi connectivity index (χ0v) is 18.9. The number of hydrogen-bond acceptors (Lipinski definition) is 8. The van der Waals surface area contributed by atoms with Crippen LogP contribution in [0.5, 0.6) is 0 Å². The van der Waals surface area contributed by atoms with Crippen LogP contribution >= 0.6 is 0 Å². The molecule has 0 aromatic carbocycles. The van der Waals surface area contributed by atoms with Gasteiger partial charge in [0.15, 0.2) is 23.2 Å². The lowest BCUT2D eigenvalue weighted by molar-refractivity contribution is -0.121. The smallest absolute Gasteiger partial charge is 0.246 e. The van der Waals surface area contributed by atoms with Gasteiger partial charge in [0.1, 0.15) is 11.2 Å². The summed E-state index contributed by atoms with van der Waals surface area (Å²) in [5.74, 6) is 3.26. The number of carbonyl (C=O) groups is 1. The number of H-pyrrole nitrogens is 1. The fourth-order valence-electron chi connectivity index (χ4n) is 5.06. The maximum absolute atomic E-state index is 13.2. The summed E-state index contributed by atoms with van der Waals surface area (Å²) in [5, 5.41) is 18.8. The Bertz CT molecular complexity index is 1270. The van der Waals surface area contributed by atoms with Crippen molar-refractivity contribution in [2.24, 2.45) is 5.92 Å². The molecule has 2 atom stereocenters. The van der Waals surface area contributed by atoms with Gasteiger partial charge in [0.05, 0.1) is 12.3 Å². The molecule has 6 rings (SSSR count). The zero-order valence-electron chi connectivity index (χ0n) is 18.9. The van der Waals surface area contributed by atoms with E-state index in [1.165, 1.54) is 0 Å². The van der Waals surface area contributed by atoms with Crippen molar-refractivity contribution in [3.05, 3.63) is 42.8 Å². The second-order valence-corrected chi connectivity index (χ2v) is 9.10. The first-order valence-corrected chi connectivity index (χ1v) is 12.0. The molecule has 0 aliphatic carbocycles. The molecule has 2 fully saturated rings. The van der Waals surface area contributed by atoms with Crippen molar-refractivity contribution in [1.29, 1.82) is 0 Å². The van der Waals surface area contributed by atoms with Gasteiger partial charge in [0.2, 0.25) is 5.95 Å². The van der Waals surface area contributed by atoms with Crippen molar-refractivity contribution in [2.75, 3.05) is 29.9 Å². The van der Waals surface area contributed by atoms with Gasteiger partial charge in [-0.15, -0.1) is 5.10 Å². The number of anilines is 3. The number of aromatic amines is 1. The maximum Gasteiger partial charge on any atom is 0.246 e. The number of nitrogens with zero attached hydrogens (tertiary/aromatic N) is 5. The van der Waals surface area contributed by atoms with E-state index in [1.54, 1.807) is 10.8 Å². The number of piperidine rings is 1. The second kappa shape index (κ2) is 8.94. The predicted octanol–water partition coefficient (Wildman–Crippen LogP) is 3.38. The Morgan fingerprint density at radius 3 is 3.06 bits per heavy atom. The number of rotatable bonds is 7. The molecule has 4 aromatic heterocycles. The number of aromatic nitrogens is 5. The lowest BCUT2D eigenvalue weighted by Crippen LogP contribution is -2.40. The van der Waals surface area contributed by atoms with Crippen LogP contribution < -0.4 is 15.5 Å². The number of Topliss-reactive ketones (excluding diaryl/α,β-unsaturated/α-hetero) is 1. The topological polar surface area (TPSA) is 116 Å². The summed E-state index contributed by atoms with van der Waals surface area (Å²) in [6, 6.07) is 9.30. The van der Waals surface area contributed by atoms with Gasteiger partial charge in [0.25, 0.3) is 0 Å². The van der Waals surface area contributed by atoms with Crippen LogP contribution in [0.15, 0.2) is 47.2 Å². The summed E-state index contributed by atoms with van der Waals surface area (Å²) < 4.78 is 7.25. The van der Waals surface area contributed by atoms with Crippen molar-refractivity contribution in [3.8, 4) is 11.5 Å². The molecule has 176 valence electrons. The van der Waals surface area contributed by atoms with E-state index in [9.17, 15) is 4.79 Å². The molecule has 2 aliphatic heterocycles. The number of nitrogens with one attached hydrogen (secondary N) is 3. The summed E-state index contributed by atoms with van der Waals surface area (Å²) in [5.41, 5.74) is 1.61. The Morgan fingerprint density at radius 1 is 1.24 bits per heavy atom. The molecule has 0 radical (unpaired) electrons. The fourth-order valence-corrected chi connectivity index (χ4v) is 5.06. The normalized spacial score (nSPS) is 20.8. The Morgan fingerprint density at radius 2 is 2.21 bits per heavy atom. The molecule has 0 saturated carbocycles. The Labute approximate surface area is 196 Å². The number of furan rings is 1. The van der Waals surface area contributed by atoms with Crippen LogP contribution in [0.3, 0.4) is 0 Å². The first-order valence-electron chi connectivity index (χ1n) is 12.0. The Kier molecular flexibility index (Phi) is 5.50.